The molecule has 1 aromatic heterocycles. The summed E-state index contributed by atoms with van der Waals surface area (Å²) in [6.45, 7) is 0. The first-order valence-electron chi connectivity index (χ1n) is 3.78. The van der Waals surface area contributed by atoms with E-state index in [1.165, 1.54) is 0 Å². The standard InChI is InChI=1S/C10H8N2.Y/c1-2-4-9(5-3-1)10-6-7-11-8-12-10;/h1-8H;. The number of hydrogen-bond donors (Lipinski definition) is 0. The second kappa shape index (κ2) is 5.20. The van der Waals surface area contributed by atoms with Crippen LogP contribution in [0.4, 0.5) is 0 Å². The zero-order chi connectivity index (χ0) is 8.23. The number of aromatic nitrogens is 2. The number of rotatable bonds is 1. The molecule has 0 unspecified atom stereocenters. The van der Waals surface area contributed by atoms with E-state index in [9.17, 15) is 0 Å². The summed E-state index contributed by atoms with van der Waals surface area (Å²) in [5.41, 5.74) is 2.09. The third-order valence-electron chi connectivity index (χ3n) is 1.65. The third-order valence-corrected chi connectivity index (χ3v) is 1.65. The molecule has 0 fully saturated rings. The molecule has 13 heavy (non-hydrogen) atoms. The topological polar surface area (TPSA) is 25.8 Å². The molecule has 1 aromatic carbocycles. The maximum Gasteiger partial charge on any atom is 0.116 e. The van der Waals surface area contributed by atoms with Gasteiger partial charge in [0.05, 0.1) is 5.69 Å². The molecule has 0 saturated heterocycles. The van der Waals surface area contributed by atoms with E-state index in [4.69, 9.17) is 0 Å². The van der Waals surface area contributed by atoms with Crippen LogP contribution >= 0.6 is 0 Å². The number of hydrogen-bond acceptors (Lipinski definition) is 2. The molecule has 0 saturated carbocycles. The maximum absolute atomic E-state index is 4.14. The Morgan fingerprint density at radius 3 is 2.31 bits per heavy atom. The van der Waals surface area contributed by atoms with E-state index < -0.39 is 0 Å². The van der Waals surface area contributed by atoms with Crippen LogP contribution in [0.2, 0.25) is 0 Å². The molecule has 2 aromatic rings. The number of nitrogens with zero attached hydrogens (tertiary/aromatic N) is 2. The van der Waals surface area contributed by atoms with Crippen LogP contribution in [0.5, 0.6) is 0 Å². The molecule has 2 rings (SSSR count). The summed E-state index contributed by atoms with van der Waals surface area (Å²) in [5, 5.41) is 0. The van der Waals surface area contributed by atoms with Gasteiger partial charge in [0.2, 0.25) is 0 Å². The van der Waals surface area contributed by atoms with E-state index in [1.54, 1.807) is 12.5 Å². The quantitative estimate of drug-likeness (QED) is 0.769. The van der Waals surface area contributed by atoms with Crippen LogP contribution in [0.15, 0.2) is 48.9 Å². The maximum atomic E-state index is 4.14. The van der Waals surface area contributed by atoms with E-state index in [-0.39, 0.29) is 32.7 Å². The zero-order valence-electron chi connectivity index (χ0n) is 7.09. The van der Waals surface area contributed by atoms with Crippen molar-refractivity contribution in [3.05, 3.63) is 48.9 Å². The molecule has 2 nitrogen and oxygen atoms in total. The molecule has 0 spiro atoms. The van der Waals surface area contributed by atoms with Crippen molar-refractivity contribution in [1.29, 1.82) is 0 Å². The van der Waals surface area contributed by atoms with Gasteiger partial charge in [0, 0.05) is 44.5 Å². The minimum atomic E-state index is 0. The molecule has 3 heteroatoms. The second-order valence-electron chi connectivity index (χ2n) is 2.46. The van der Waals surface area contributed by atoms with E-state index in [2.05, 4.69) is 9.97 Å². The van der Waals surface area contributed by atoms with Crippen molar-refractivity contribution >= 4 is 0 Å². The minimum Gasteiger partial charge on any atom is -0.245 e. The van der Waals surface area contributed by atoms with Crippen LogP contribution < -0.4 is 0 Å². The van der Waals surface area contributed by atoms with Crippen molar-refractivity contribution in [2.24, 2.45) is 0 Å². The van der Waals surface area contributed by atoms with Crippen LogP contribution in [0, 0.1) is 0 Å². The van der Waals surface area contributed by atoms with Gasteiger partial charge in [0.15, 0.2) is 0 Å². The second-order valence-corrected chi connectivity index (χ2v) is 2.46. The van der Waals surface area contributed by atoms with E-state index >= 15 is 0 Å². The molecule has 0 amide bonds. The largest absolute Gasteiger partial charge is 0.245 e. The van der Waals surface area contributed by atoms with Gasteiger partial charge in [-0.25, -0.2) is 9.97 Å². The monoisotopic (exact) mass is 245 g/mol. The predicted octanol–water partition coefficient (Wildman–Crippen LogP) is 2.14. The van der Waals surface area contributed by atoms with Crippen LogP contribution in [-0.2, 0) is 32.7 Å². The molecular weight excluding hydrogens is 237 g/mol. The Bertz CT molecular complexity index is 310. The Morgan fingerprint density at radius 2 is 1.69 bits per heavy atom. The Kier molecular flexibility index (Phi) is 4.20. The average molecular weight is 245 g/mol. The summed E-state index contributed by atoms with van der Waals surface area (Å²) in [6.07, 6.45) is 3.30. The van der Waals surface area contributed by atoms with E-state index in [0.717, 1.165) is 11.3 Å². The van der Waals surface area contributed by atoms with Crippen molar-refractivity contribution in [1.82, 2.24) is 9.97 Å². The van der Waals surface area contributed by atoms with Crippen molar-refractivity contribution in [3.63, 3.8) is 0 Å². The molecular formula is C10H8N2Y. The summed E-state index contributed by atoms with van der Waals surface area (Å²) in [4.78, 5) is 8.00. The molecule has 0 aliphatic carbocycles. The van der Waals surface area contributed by atoms with Crippen molar-refractivity contribution in [3.8, 4) is 11.3 Å². The Hall–Kier alpha value is -0.596. The number of benzene rings is 1. The molecule has 0 atom stereocenters. The summed E-state index contributed by atoms with van der Waals surface area (Å²) in [7, 11) is 0. The third kappa shape index (κ3) is 2.68. The molecule has 0 bridgehead atoms. The minimum absolute atomic E-state index is 0. The Morgan fingerprint density at radius 1 is 0.923 bits per heavy atom. The summed E-state index contributed by atoms with van der Waals surface area (Å²) in [5.74, 6) is 0. The summed E-state index contributed by atoms with van der Waals surface area (Å²) >= 11 is 0. The normalized spacial score (nSPS) is 8.92. The van der Waals surface area contributed by atoms with Crippen molar-refractivity contribution in [2.45, 2.75) is 0 Å². The SMILES string of the molecule is [Y].c1ccc(-c2ccncn2)cc1. The first-order valence-corrected chi connectivity index (χ1v) is 3.78. The van der Waals surface area contributed by atoms with Gasteiger partial charge >= 0.3 is 0 Å². The molecule has 61 valence electrons. The summed E-state index contributed by atoms with van der Waals surface area (Å²) in [6, 6.07) is 11.9. The van der Waals surface area contributed by atoms with Crippen LogP contribution in [0.3, 0.4) is 0 Å². The smallest absolute Gasteiger partial charge is 0.116 e. The van der Waals surface area contributed by atoms with Gasteiger partial charge in [0.1, 0.15) is 6.33 Å². The Labute approximate surface area is 102 Å². The van der Waals surface area contributed by atoms with Gasteiger partial charge in [-0.3, -0.25) is 0 Å². The van der Waals surface area contributed by atoms with Crippen LogP contribution in [0.1, 0.15) is 0 Å². The van der Waals surface area contributed by atoms with Gasteiger partial charge in [-0.15, -0.1) is 0 Å². The van der Waals surface area contributed by atoms with Crippen molar-refractivity contribution < 1.29 is 32.7 Å². The van der Waals surface area contributed by atoms with Gasteiger partial charge < -0.3 is 0 Å². The fourth-order valence-electron chi connectivity index (χ4n) is 1.07. The van der Waals surface area contributed by atoms with Crippen LogP contribution in [0.25, 0.3) is 11.3 Å². The zero-order valence-corrected chi connectivity index (χ0v) is 9.93. The molecule has 0 N–H and O–H groups in total. The fourth-order valence-corrected chi connectivity index (χ4v) is 1.07. The van der Waals surface area contributed by atoms with Crippen LogP contribution in [-0.4, -0.2) is 9.97 Å². The molecule has 0 aliphatic rings. The first kappa shape index (κ1) is 10.5. The van der Waals surface area contributed by atoms with E-state index in [0.29, 0.717) is 0 Å². The van der Waals surface area contributed by atoms with Crippen molar-refractivity contribution in [2.75, 3.05) is 0 Å². The van der Waals surface area contributed by atoms with Gasteiger partial charge in [-0.05, 0) is 6.07 Å². The fraction of sp³-hybridized carbons (Fsp3) is 0. The Balaban J connectivity index is 0.000000845. The first-order chi connectivity index (χ1) is 5.97. The molecule has 0 aliphatic heterocycles. The van der Waals surface area contributed by atoms with E-state index in [1.807, 2.05) is 36.4 Å². The predicted molar refractivity (Wildman–Crippen MR) is 47.5 cm³/mol. The molecule has 1 heterocycles. The van der Waals surface area contributed by atoms with Gasteiger partial charge in [-0.1, -0.05) is 30.3 Å². The van der Waals surface area contributed by atoms with Gasteiger partial charge in [-0.2, -0.15) is 0 Å². The molecule has 1 radical (unpaired) electrons. The summed E-state index contributed by atoms with van der Waals surface area (Å²) < 4.78 is 0. The average Bonchev–Trinajstić information content (AvgIpc) is 2.21. The van der Waals surface area contributed by atoms with Gasteiger partial charge in [0.25, 0.3) is 0 Å².